The van der Waals surface area contributed by atoms with Crippen LogP contribution >= 0.6 is 22.9 Å². The Labute approximate surface area is 150 Å². The lowest BCUT2D eigenvalue weighted by molar-refractivity contribution is 0.102. The third-order valence-corrected chi connectivity index (χ3v) is 4.95. The van der Waals surface area contributed by atoms with Gasteiger partial charge in [-0.15, -0.1) is 11.3 Å². The van der Waals surface area contributed by atoms with Gasteiger partial charge in [-0.1, -0.05) is 48.9 Å². The van der Waals surface area contributed by atoms with Crippen molar-refractivity contribution in [3.05, 3.63) is 69.7 Å². The minimum Gasteiger partial charge on any atom is -0.320 e. The Morgan fingerprint density at radius 2 is 1.96 bits per heavy atom. The van der Waals surface area contributed by atoms with Crippen LogP contribution in [-0.2, 0) is 6.42 Å². The maximum atomic E-state index is 12.5. The number of hydrogen-bond donors (Lipinski definition) is 1. The van der Waals surface area contributed by atoms with Crippen LogP contribution in [0.3, 0.4) is 0 Å². The number of nitrogens with zero attached hydrogens (tertiary/aromatic N) is 1. The van der Waals surface area contributed by atoms with E-state index < -0.39 is 0 Å². The summed E-state index contributed by atoms with van der Waals surface area (Å²) in [6, 6.07) is 13.5. The Morgan fingerprint density at radius 1 is 1.21 bits per heavy atom. The molecule has 0 fully saturated rings. The molecule has 0 saturated carbocycles. The molecule has 1 amide bonds. The van der Waals surface area contributed by atoms with E-state index in [0.717, 1.165) is 33.8 Å². The summed E-state index contributed by atoms with van der Waals surface area (Å²) in [6.07, 6.45) is 0.865. The minimum atomic E-state index is -0.185. The van der Waals surface area contributed by atoms with Crippen molar-refractivity contribution < 1.29 is 4.79 Å². The van der Waals surface area contributed by atoms with Gasteiger partial charge >= 0.3 is 0 Å². The van der Waals surface area contributed by atoms with E-state index in [4.69, 9.17) is 11.6 Å². The van der Waals surface area contributed by atoms with Gasteiger partial charge in [-0.2, -0.15) is 0 Å². The van der Waals surface area contributed by atoms with Crippen LogP contribution in [0.25, 0.3) is 10.6 Å². The number of nitrogens with one attached hydrogen (secondary N) is 1. The van der Waals surface area contributed by atoms with Gasteiger partial charge in [0.2, 0.25) is 0 Å². The molecule has 0 spiro atoms. The Kier molecular flexibility index (Phi) is 4.97. The first-order valence-electron chi connectivity index (χ1n) is 7.69. The summed E-state index contributed by atoms with van der Waals surface area (Å²) >= 11 is 7.35. The third kappa shape index (κ3) is 3.50. The first-order valence-corrected chi connectivity index (χ1v) is 8.95. The van der Waals surface area contributed by atoms with Gasteiger partial charge in [0.05, 0.1) is 0 Å². The average molecular weight is 357 g/mol. The van der Waals surface area contributed by atoms with Crippen LogP contribution in [0.2, 0.25) is 5.02 Å². The van der Waals surface area contributed by atoms with Crippen LogP contribution in [0.5, 0.6) is 0 Å². The van der Waals surface area contributed by atoms with Crippen molar-refractivity contribution in [3.8, 4) is 10.6 Å². The molecule has 0 aliphatic rings. The molecule has 3 aromatic rings. The Balaban J connectivity index is 1.83. The number of hydrogen-bond acceptors (Lipinski definition) is 3. The molecule has 2 aromatic carbocycles. The van der Waals surface area contributed by atoms with Crippen molar-refractivity contribution in [1.29, 1.82) is 0 Å². The number of aromatic nitrogens is 1. The fourth-order valence-electron chi connectivity index (χ4n) is 2.48. The number of amides is 1. The van der Waals surface area contributed by atoms with Gasteiger partial charge in [0.15, 0.2) is 0 Å². The van der Waals surface area contributed by atoms with Crippen LogP contribution in [-0.4, -0.2) is 10.9 Å². The molecule has 5 heteroatoms. The highest BCUT2D eigenvalue weighted by molar-refractivity contribution is 7.13. The molecule has 0 unspecified atom stereocenters. The molecule has 1 N–H and O–H groups in total. The predicted molar refractivity (Wildman–Crippen MR) is 101 cm³/mol. The van der Waals surface area contributed by atoms with Gasteiger partial charge < -0.3 is 5.32 Å². The molecule has 122 valence electrons. The van der Waals surface area contributed by atoms with Gasteiger partial charge in [0.25, 0.3) is 5.91 Å². The number of para-hydroxylation sites is 1. The number of benzene rings is 2. The summed E-state index contributed by atoms with van der Waals surface area (Å²) in [5.41, 5.74) is 4.43. The molecular formula is C19H17ClN2OS. The number of rotatable bonds is 4. The third-order valence-electron chi connectivity index (χ3n) is 3.81. The summed E-state index contributed by atoms with van der Waals surface area (Å²) in [6.45, 7) is 4.07. The number of carbonyl (C=O) groups excluding carboxylic acids is 1. The summed E-state index contributed by atoms with van der Waals surface area (Å²) in [5, 5.41) is 6.27. The van der Waals surface area contributed by atoms with Gasteiger partial charge in [0, 0.05) is 21.7 Å². The molecular weight excluding hydrogens is 340 g/mol. The predicted octanol–water partition coefficient (Wildman–Crippen LogP) is 5.59. The zero-order valence-corrected chi connectivity index (χ0v) is 15.0. The molecule has 0 atom stereocenters. The Bertz CT molecular complexity index is 871. The van der Waals surface area contributed by atoms with Crippen molar-refractivity contribution in [3.63, 3.8) is 0 Å². The normalized spacial score (nSPS) is 10.6. The Morgan fingerprint density at radius 3 is 2.67 bits per heavy atom. The van der Waals surface area contributed by atoms with E-state index in [0.29, 0.717) is 10.7 Å². The Hall–Kier alpha value is -2.17. The van der Waals surface area contributed by atoms with Crippen molar-refractivity contribution >= 4 is 34.5 Å². The second-order valence-corrected chi connectivity index (χ2v) is 6.76. The van der Waals surface area contributed by atoms with Crippen LogP contribution in [0, 0.1) is 6.92 Å². The van der Waals surface area contributed by atoms with Crippen molar-refractivity contribution in [2.24, 2.45) is 0 Å². The number of thiazole rings is 1. The number of aryl methyl sites for hydroxylation is 2. The molecule has 0 aliphatic heterocycles. The molecule has 0 bridgehead atoms. The first kappa shape index (κ1) is 16.7. The zero-order chi connectivity index (χ0) is 17.1. The molecule has 0 aliphatic carbocycles. The highest BCUT2D eigenvalue weighted by atomic mass is 35.5. The topological polar surface area (TPSA) is 42.0 Å². The first-order chi connectivity index (χ1) is 11.6. The lowest BCUT2D eigenvalue weighted by Gasteiger charge is -2.11. The van der Waals surface area contributed by atoms with E-state index in [2.05, 4.69) is 17.2 Å². The van der Waals surface area contributed by atoms with Gasteiger partial charge in [0.1, 0.15) is 10.7 Å². The molecule has 3 rings (SSSR count). The minimum absolute atomic E-state index is 0.185. The highest BCUT2D eigenvalue weighted by Crippen LogP contribution is 2.26. The monoisotopic (exact) mass is 356 g/mol. The molecule has 0 saturated heterocycles. The van der Waals surface area contributed by atoms with Gasteiger partial charge in [-0.05, 0) is 36.6 Å². The van der Waals surface area contributed by atoms with E-state index >= 15 is 0 Å². The summed E-state index contributed by atoms with van der Waals surface area (Å²) in [5.74, 6) is -0.185. The van der Waals surface area contributed by atoms with Crippen molar-refractivity contribution in [2.75, 3.05) is 5.32 Å². The molecule has 1 aromatic heterocycles. The number of halogens is 1. The lowest BCUT2D eigenvalue weighted by atomic mass is 10.1. The fraction of sp³-hybridized carbons (Fsp3) is 0.158. The second-order valence-electron chi connectivity index (χ2n) is 5.46. The molecule has 24 heavy (non-hydrogen) atoms. The zero-order valence-electron chi connectivity index (χ0n) is 13.5. The highest BCUT2D eigenvalue weighted by Gasteiger charge is 2.14. The largest absolute Gasteiger partial charge is 0.320 e. The van der Waals surface area contributed by atoms with Crippen LogP contribution in [0.15, 0.2) is 47.8 Å². The van der Waals surface area contributed by atoms with E-state index in [1.54, 1.807) is 5.38 Å². The van der Waals surface area contributed by atoms with E-state index in [1.165, 1.54) is 11.3 Å². The van der Waals surface area contributed by atoms with Crippen molar-refractivity contribution in [2.45, 2.75) is 20.3 Å². The smallest absolute Gasteiger partial charge is 0.275 e. The second kappa shape index (κ2) is 7.16. The average Bonchev–Trinajstić information content (AvgIpc) is 3.07. The standard InChI is InChI=1S/C19H17ClN2OS/c1-3-13-6-4-5-12(2)17(13)22-18(23)16-11-24-19(21-16)14-7-9-15(20)10-8-14/h4-11H,3H2,1-2H3,(H,22,23). The van der Waals surface area contributed by atoms with E-state index in [1.807, 2.05) is 49.4 Å². The van der Waals surface area contributed by atoms with Gasteiger partial charge in [-0.3, -0.25) is 4.79 Å². The lowest BCUT2D eigenvalue weighted by Crippen LogP contribution is -2.14. The maximum Gasteiger partial charge on any atom is 0.275 e. The quantitative estimate of drug-likeness (QED) is 0.662. The van der Waals surface area contributed by atoms with E-state index in [-0.39, 0.29) is 5.91 Å². The fourth-order valence-corrected chi connectivity index (χ4v) is 3.41. The van der Waals surface area contributed by atoms with E-state index in [9.17, 15) is 4.79 Å². The number of anilines is 1. The van der Waals surface area contributed by atoms with Crippen LogP contribution in [0.4, 0.5) is 5.69 Å². The van der Waals surface area contributed by atoms with Crippen LogP contribution < -0.4 is 5.32 Å². The summed E-state index contributed by atoms with van der Waals surface area (Å²) in [4.78, 5) is 17.0. The maximum absolute atomic E-state index is 12.5. The summed E-state index contributed by atoms with van der Waals surface area (Å²) in [7, 11) is 0. The number of carbonyl (C=O) groups is 1. The van der Waals surface area contributed by atoms with Crippen LogP contribution in [0.1, 0.15) is 28.5 Å². The SMILES string of the molecule is CCc1cccc(C)c1NC(=O)c1csc(-c2ccc(Cl)cc2)n1. The summed E-state index contributed by atoms with van der Waals surface area (Å²) < 4.78 is 0. The van der Waals surface area contributed by atoms with Crippen molar-refractivity contribution in [1.82, 2.24) is 4.98 Å². The van der Waals surface area contributed by atoms with Gasteiger partial charge in [-0.25, -0.2) is 4.98 Å². The molecule has 3 nitrogen and oxygen atoms in total. The molecule has 0 radical (unpaired) electrons. The molecule has 1 heterocycles.